The van der Waals surface area contributed by atoms with Crippen molar-refractivity contribution in [1.82, 2.24) is 10.7 Å². The van der Waals surface area contributed by atoms with E-state index in [1.54, 1.807) is 0 Å². The van der Waals surface area contributed by atoms with Crippen LogP contribution in [0.3, 0.4) is 0 Å². The van der Waals surface area contributed by atoms with E-state index >= 15 is 0 Å². The highest BCUT2D eigenvalue weighted by Gasteiger charge is 2.26. The Morgan fingerprint density at radius 1 is 1.50 bits per heavy atom. The van der Waals surface area contributed by atoms with Crippen molar-refractivity contribution in [3.63, 3.8) is 0 Å². The summed E-state index contributed by atoms with van der Waals surface area (Å²) in [6.07, 6.45) is 3.82. The van der Waals surface area contributed by atoms with Gasteiger partial charge in [0.2, 0.25) is 0 Å². The molecule has 2 unspecified atom stereocenters. The first-order valence-electron chi connectivity index (χ1n) is 4.85. The molecule has 0 aromatic heterocycles. The molecule has 2 N–H and O–H groups in total. The zero-order chi connectivity index (χ0) is 8.39. The van der Waals surface area contributed by atoms with Crippen LogP contribution in [0.4, 0.5) is 0 Å². The predicted molar refractivity (Wildman–Crippen MR) is 50.2 cm³/mol. The molecule has 68 valence electrons. The fraction of sp³-hybridized carbons (Fsp3) is 0.889. The third-order valence-corrected chi connectivity index (χ3v) is 2.84. The van der Waals surface area contributed by atoms with Crippen molar-refractivity contribution >= 4 is 5.71 Å². The average molecular weight is 167 g/mol. The van der Waals surface area contributed by atoms with Gasteiger partial charge in [-0.05, 0) is 38.8 Å². The van der Waals surface area contributed by atoms with Crippen LogP contribution in [0, 0.1) is 5.92 Å². The van der Waals surface area contributed by atoms with Crippen LogP contribution in [0.5, 0.6) is 0 Å². The van der Waals surface area contributed by atoms with Gasteiger partial charge in [0, 0.05) is 12.1 Å². The number of piperidine rings is 1. The molecule has 0 saturated carbocycles. The van der Waals surface area contributed by atoms with Crippen LogP contribution < -0.4 is 10.7 Å². The second-order valence-corrected chi connectivity index (χ2v) is 3.89. The SMILES string of the molecule is CC1=NNC(C2CCCNC2)C1. The van der Waals surface area contributed by atoms with Gasteiger partial charge in [0.05, 0.1) is 6.04 Å². The lowest BCUT2D eigenvalue weighted by atomic mass is 9.90. The summed E-state index contributed by atoms with van der Waals surface area (Å²) in [7, 11) is 0. The lowest BCUT2D eigenvalue weighted by Gasteiger charge is -2.27. The van der Waals surface area contributed by atoms with E-state index in [1.165, 1.54) is 31.6 Å². The van der Waals surface area contributed by atoms with Gasteiger partial charge in [-0.3, -0.25) is 0 Å². The Morgan fingerprint density at radius 2 is 2.42 bits per heavy atom. The Kier molecular flexibility index (Phi) is 2.30. The molecule has 3 heteroatoms. The van der Waals surface area contributed by atoms with Gasteiger partial charge in [-0.15, -0.1) is 0 Å². The number of hydrazone groups is 1. The molecule has 0 radical (unpaired) electrons. The van der Waals surface area contributed by atoms with E-state index < -0.39 is 0 Å². The van der Waals surface area contributed by atoms with E-state index in [0.717, 1.165) is 12.3 Å². The fourth-order valence-corrected chi connectivity index (χ4v) is 2.10. The van der Waals surface area contributed by atoms with Crippen molar-refractivity contribution in [2.45, 2.75) is 32.2 Å². The maximum atomic E-state index is 4.23. The second kappa shape index (κ2) is 3.44. The smallest absolute Gasteiger partial charge is 0.0533 e. The summed E-state index contributed by atoms with van der Waals surface area (Å²) in [6.45, 7) is 4.47. The van der Waals surface area contributed by atoms with Gasteiger partial charge < -0.3 is 10.7 Å². The summed E-state index contributed by atoms with van der Waals surface area (Å²) < 4.78 is 0. The lowest BCUT2D eigenvalue weighted by Crippen LogP contribution is -2.40. The Hall–Kier alpha value is -0.570. The molecule has 3 nitrogen and oxygen atoms in total. The van der Waals surface area contributed by atoms with Crippen molar-refractivity contribution in [2.24, 2.45) is 11.0 Å². The van der Waals surface area contributed by atoms with E-state index in [2.05, 4.69) is 22.8 Å². The molecule has 1 saturated heterocycles. The molecule has 2 aliphatic rings. The average Bonchev–Trinajstić information content (AvgIpc) is 2.54. The van der Waals surface area contributed by atoms with Crippen LogP contribution >= 0.6 is 0 Å². The third kappa shape index (κ3) is 1.61. The third-order valence-electron chi connectivity index (χ3n) is 2.84. The Labute approximate surface area is 73.6 Å². The number of nitrogens with one attached hydrogen (secondary N) is 2. The molecule has 0 aromatic carbocycles. The van der Waals surface area contributed by atoms with E-state index in [1.807, 2.05) is 0 Å². The highest BCUT2D eigenvalue weighted by Crippen LogP contribution is 2.19. The first-order chi connectivity index (χ1) is 5.86. The molecule has 2 aliphatic heterocycles. The Balaban J connectivity index is 1.85. The first kappa shape index (κ1) is 8.05. The standard InChI is InChI=1S/C9H17N3/c1-7-5-9(12-11-7)8-3-2-4-10-6-8/h8-10,12H,2-6H2,1H3. The summed E-state index contributed by atoms with van der Waals surface area (Å²) in [6, 6.07) is 0.609. The van der Waals surface area contributed by atoms with Gasteiger partial charge in [-0.2, -0.15) is 5.10 Å². The van der Waals surface area contributed by atoms with Crippen LogP contribution in [-0.4, -0.2) is 24.8 Å². The highest BCUT2D eigenvalue weighted by molar-refractivity contribution is 5.83. The highest BCUT2D eigenvalue weighted by atomic mass is 15.3. The van der Waals surface area contributed by atoms with Gasteiger partial charge in [0.25, 0.3) is 0 Å². The number of hydrogen-bond donors (Lipinski definition) is 2. The summed E-state index contributed by atoms with van der Waals surface area (Å²) in [5.74, 6) is 0.792. The molecule has 0 bridgehead atoms. The van der Waals surface area contributed by atoms with Crippen LogP contribution in [0.2, 0.25) is 0 Å². The molecular weight excluding hydrogens is 150 g/mol. The van der Waals surface area contributed by atoms with Gasteiger partial charge in [-0.25, -0.2) is 0 Å². The Morgan fingerprint density at radius 3 is 3.00 bits per heavy atom. The zero-order valence-electron chi connectivity index (χ0n) is 7.64. The molecule has 0 aromatic rings. The first-order valence-corrected chi connectivity index (χ1v) is 4.85. The van der Waals surface area contributed by atoms with E-state index in [0.29, 0.717) is 6.04 Å². The minimum Gasteiger partial charge on any atom is -0.316 e. The molecule has 0 amide bonds. The van der Waals surface area contributed by atoms with Crippen molar-refractivity contribution in [2.75, 3.05) is 13.1 Å². The van der Waals surface area contributed by atoms with Gasteiger partial charge in [0.1, 0.15) is 0 Å². The van der Waals surface area contributed by atoms with Crippen LogP contribution in [0.15, 0.2) is 5.10 Å². The quantitative estimate of drug-likeness (QED) is 0.604. The Bertz CT molecular complexity index is 182. The normalized spacial score (nSPS) is 35.9. The summed E-state index contributed by atoms with van der Waals surface area (Å²) >= 11 is 0. The van der Waals surface area contributed by atoms with Gasteiger partial charge in [-0.1, -0.05) is 0 Å². The molecule has 0 aliphatic carbocycles. The predicted octanol–water partition coefficient (Wildman–Crippen LogP) is 0.724. The van der Waals surface area contributed by atoms with Gasteiger partial charge >= 0.3 is 0 Å². The number of nitrogens with zero attached hydrogens (tertiary/aromatic N) is 1. The second-order valence-electron chi connectivity index (χ2n) is 3.89. The molecule has 0 spiro atoms. The maximum Gasteiger partial charge on any atom is 0.0533 e. The summed E-state index contributed by atoms with van der Waals surface area (Å²) in [5, 5.41) is 7.67. The molecular formula is C9H17N3. The van der Waals surface area contributed by atoms with E-state index in [9.17, 15) is 0 Å². The van der Waals surface area contributed by atoms with E-state index in [4.69, 9.17) is 0 Å². The lowest BCUT2D eigenvalue weighted by molar-refractivity contribution is 0.301. The van der Waals surface area contributed by atoms with Gasteiger partial charge in [0.15, 0.2) is 0 Å². The molecule has 2 atom stereocenters. The maximum absolute atomic E-state index is 4.23. The van der Waals surface area contributed by atoms with Crippen LogP contribution in [0.1, 0.15) is 26.2 Å². The van der Waals surface area contributed by atoms with Crippen molar-refractivity contribution in [1.29, 1.82) is 0 Å². The fourth-order valence-electron chi connectivity index (χ4n) is 2.10. The largest absolute Gasteiger partial charge is 0.316 e. The minimum atomic E-state index is 0.609. The number of rotatable bonds is 1. The molecule has 2 rings (SSSR count). The number of hydrogen-bond acceptors (Lipinski definition) is 3. The topological polar surface area (TPSA) is 36.4 Å². The zero-order valence-corrected chi connectivity index (χ0v) is 7.64. The van der Waals surface area contributed by atoms with Crippen LogP contribution in [0.25, 0.3) is 0 Å². The van der Waals surface area contributed by atoms with Crippen molar-refractivity contribution in [3.05, 3.63) is 0 Å². The summed E-state index contributed by atoms with van der Waals surface area (Å²) in [4.78, 5) is 0. The molecule has 12 heavy (non-hydrogen) atoms. The minimum absolute atomic E-state index is 0.609. The van der Waals surface area contributed by atoms with Crippen molar-refractivity contribution < 1.29 is 0 Å². The van der Waals surface area contributed by atoms with Crippen LogP contribution in [-0.2, 0) is 0 Å². The van der Waals surface area contributed by atoms with E-state index in [-0.39, 0.29) is 0 Å². The monoisotopic (exact) mass is 167 g/mol. The van der Waals surface area contributed by atoms with Crippen molar-refractivity contribution in [3.8, 4) is 0 Å². The molecule has 2 heterocycles. The summed E-state index contributed by atoms with van der Waals surface area (Å²) in [5.41, 5.74) is 4.48. The molecule has 1 fully saturated rings.